The number of hydrogen-bond acceptors (Lipinski definition) is 4. The third kappa shape index (κ3) is 5.59. The molecular weight excluding hydrogens is 352 g/mol. The quantitative estimate of drug-likeness (QED) is 0.490. The Morgan fingerprint density at radius 3 is 1.29 bits per heavy atom. The summed E-state index contributed by atoms with van der Waals surface area (Å²) in [5.41, 5.74) is 4.35. The summed E-state index contributed by atoms with van der Waals surface area (Å²) >= 11 is 0. The van der Waals surface area contributed by atoms with E-state index in [1.165, 1.54) is 0 Å². The van der Waals surface area contributed by atoms with Crippen molar-refractivity contribution in [2.24, 2.45) is 0 Å². The Morgan fingerprint density at radius 1 is 0.500 bits per heavy atom. The molecule has 3 rings (SSSR count). The molecule has 4 heteroatoms. The molecule has 0 spiro atoms. The minimum atomic E-state index is 0.522. The van der Waals surface area contributed by atoms with E-state index in [0.717, 1.165) is 33.8 Å². The van der Waals surface area contributed by atoms with Crippen LogP contribution in [0.2, 0.25) is 0 Å². The van der Waals surface area contributed by atoms with E-state index in [9.17, 15) is 0 Å². The number of rotatable bonds is 10. The lowest BCUT2D eigenvalue weighted by Crippen LogP contribution is -1.98. The fourth-order valence-corrected chi connectivity index (χ4v) is 2.93. The molecule has 3 aromatic carbocycles. The molecule has 0 bridgehead atoms. The van der Waals surface area contributed by atoms with Gasteiger partial charge in [0, 0.05) is 11.1 Å². The van der Waals surface area contributed by atoms with Crippen LogP contribution in [0.3, 0.4) is 0 Å². The van der Waals surface area contributed by atoms with Gasteiger partial charge in [-0.3, -0.25) is 0 Å². The summed E-state index contributed by atoms with van der Waals surface area (Å²) in [6, 6.07) is 24.1. The Balaban J connectivity index is 1.44. The van der Waals surface area contributed by atoms with E-state index >= 15 is 0 Å². The molecule has 28 heavy (non-hydrogen) atoms. The van der Waals surface area contributed by atoms with Crippen molar-refractivity contribution in [3.8, 4) is 11.5 Å². The molecule has 0 aliphatic carbocycles. The van der Waals surface area contributed by atoms with Gasteiger partial charge in [-0.25, -0.2) is 0 Å². The molecule has 0 aliphatic rings. The highest BCUT2D eigenvalue weighted by Crippen LogP contribution is 2.20. The number of hydrogen-bond donors (Lipinski definition) is 0. The number of benzene rings is 3. The first-order valence-corrected chi connectivity index (χ1v) is 9.27. The third-order valence-electron chi connectivity index (χ3n) is 4.46. The monoisotopic (exact) mass is 378 g/mol. The molecule has 0 amide bonds. The second kappa shape index (κ2) is 10.5. The summed E-state index contributed by atoms with van der Waals surface area (Å²) in [5.74, 6) is 1.70. The van der Waals surface area contributed by atoms with E-state index in [2.05, 4.69) is 24.3 Å². The fourth-order valence-electron chi connectivity index (χ4n) is 2.93. The number of methoxy groups -OCH3 is 2. The van der Waals surface area contributed by atoms with Gasteiger partial charge in [-0.05, 0) is 23.3 Å². The standard InChI is InChI=1S/C24H26O4/c1-25-23-9-5-3-7-21(23)17-27-15-19-11-13-20(14-12-19)16-28-18-22-8-4-6-10-24(22)26-2/h3-14H,15-18H2,1-2H3. The minimum Gasteiger partial charge on any atom is -0.496 e. The van der Waals surface area contributed by atoms with Crippen LogP contribution in [-0.4, -0.2) is 14.2 Å². The van der Waals surface area contributed by atoms with Crippen LogP contribution < -0.4 is 9.47 Å². The molecule has 0 saturated carbocycles. The molecule has 146 valence electrons. The highest BCUT2D eigenvalue weighted by Gasteiger charge is 2.04. The highest BCUT2D eigenvalue weighted by atomic mass is 16.5. The first-order valence-electron chi connectivity index (χ1n) is 9.27. The topological polar surface area (TPSA) is 36.9 Å². The first kappa shape index (κ1) is 19.9. The van der Waals surface area contributed by atoms with Crippen molar-refractivity contribution in [2.45, 2.75) is 26.4 Å². The second-order valence-corrected chi connectivity index (χ2v) is 6.43. The largest absolute Gasteiger partial charge is 0.496 e. The molecule has 0 unspecified atom stereocenters. The SMILES string of the molecule is COc1ccccc1COCc1ccc(COCc2ccccc2OC)cc1. The normalized spacial score (nSPS) is 10.6. The van der Waals surface area contributed by atoms with Crippen LogP contribution in [0, 0.1) is 0 Å². The number of ether oxygens (including phenoxy) is 4. The lowest BCUT2D eigenvalue weighted by molar-refractivity contribution is 0.103. The van der Waals surface area contributed by atoms with Crippen LogP contribution in [0.4, 0.5) is 0 Å². The lowest BCUT2D eigenvalue weighted by atomic mass is 10.1. The lowest BCUT2D eigenvalue weighted by Gasteiger charge is -2.10. The van der Waals surface area contributed by atoms with E-state index in [0.29, 0.717) is 26.4 Å². The third-order valence-corrected chi connectivity index (χ3v) is 4.46. The van der Waals surface area contributed by atoms with Crippen LogP contribution in [-0.2, 0) is 35.9 Å². The minimum absolute atomic E-state index is 0.522. The fraction of sp³-hybridized carbons (Fsp3) is 0.250. The van der Waals surface area contributed by atoms with Gasteiger partial charge in [-0.15, -0.1) is 0 Å². The molecule has 0 N–H and O–H groups in total. The molecule has 4 nitrogen and oxygen atoms in total. The average Bonchev–Trinajstić information content (AvgIpc) is 2.75. The molecule has 0 radical (unpaired) electrons. The van der Waals surface area contributed by atoms with Gasteiger partial charge in [-0.1, -0.05) is 60.7 Å². The van der Waals surface area contributed by atoms with Gasteiger partial charge in [0.25, 0.3) is 0 Å². The summed E-state index contributed by atoms with van der Waals surface area (Å²) < 4.78 is 22.3. The molecule has 0 fully saturated rings. The first-order chi connectivity index (χ1) is 13.8. The summed E-state index contributed by atoms with van der Waals surface area (Å²) in [6.45, 7) is 2.16. The Morgan fingerprint density at radius 2 is 0.893 bits per heavy atom. The Hall–Kier alpha value is -2.82. The van der Waals surface area contributed by atoms with E-state index < -0.39 is 0 Å². The van der Waals surface area contributed by atoms with Crippen molar-refractivity contribution < 1.29 is 18.9 Å². The summed E-state index contributed by atoms with van der Waals surface area (Å²) in [4.78, 5) is 0. The van der Waals surface area contributed by atoms with Crippen LogP contribution in [0.25, 0.3) is 0 Å². The van der Waals surface area contributed by atoms with Gasteiger partial charge in [0.1, 0.15) is 11.5 Å². The molecular formula is C24H26O4. The van der Waals surface area contributed by atoms with Crippen molar-refractivity contribution in [3.05, 3.63) is 95.1 Å². The predicted molar refractivity (Wildman–Crippen MR) is 109 cm³/mol. The molecule has 0 aromatic heterocycles. The van der Waals surface area contributed by atoms with Crippen LogP contribution in [0.15, 0.2) is 72.8 Å². The zero-order valence-electron chi connectivity index (χ0n) is 16.4. The predicted octanol–water partition coefficient (Wildman–Crippen LogP) is 5.14. The van der Waals surface area contributed by atoms with Gasteiger partial charge in [-0.2, -0.15) is 0 Å². The van der Waals surface area contributed by atoms with Crippen LogP contribution in [0.5, 0.6) is 11.5 Å². The van der Waals surface area contributed by atoms with Crippen LogP contribution >= 0.6 is 0 Å². The van der Waals surface area contributed by atoms with Crippen molar-refractivity contribution in [1.29, 1.82) is 0 Å². The van der Waals surface area contributed by atoms with E-state index in [1.54, 1.807) is 14.2 Å². The Kier molecular flexibility index (Phi) is 7.47. The average molecular weight is 378 g/mol. The van der Waals surface area contributed by atoms with Crippen molar-refractivity contribution >= 4 is 0 Å². The van der Waals surface area contributed by atoms with Crippen molar-refractivity contribution in [3.63, 3.8) is 0 Å². The van der Waals surface area contributed by atoms with Crippen LogP contribution in [0.1, 0.15) is 22.3 Å². The van der Waals surface area contributed by atoms with Gasteiger partial charge < -0.3 is 18.9 Å². The van der Waals surface area contributed by atoms with Crippen molar-refractivity contribution in [2.75, 3.05) is 14.2 Å². The maximum atomic E-state index is 5.83. The Bertz CT molecular complexity index is 786. The van der Waals surface area contributed by atoms with E-state index in [-0.39, 0.29) is 0 Å². The molecule has 0 heterocycles. The zero-order valence-corrected chi connectivity index (χ0v) is 16.4. The molecule has 0 saturated heterocycles. The Labute approximate surface area is 166 Å². The summed E-state index contributed by atoms with van der Waals surface area (Å²) in [7, 11) is 3.35. The van der Waals surface area contributed by atoms with Gasteiger partial charge in [0.15, 0.2) is 0 Å². The molecule has 0 atom stereocenters. The summed E-state index contributed by atoms with van der Waals surface area (Å²) in [6.07, 6.45) is 0. The molecule has 0 aliphatic heterocycles. The van der Waals surface area contributed by atoms with Gasteiger partial charge >= 0.3 is 0 Å². The maximum Gasteiger partial charge on any atom is 0.124 e. The van der Waals surface area contributed by atoms with E-state index in [1.807, 2.05) is 48.5 Å². The highest BCUT2D eigenvalue weighted by molar-refractivity contribution is 5.33. The van der Waals surface area contributed by atoms with Crippen molar-refractivity contribution in [1.82, 2.24) is 0 Å². The van der Waals surface area contributed by atoms with Gasteiger partial charge in [0.2, 0.25) is 0 Å². The summed E-state index contributed by atoms with van der Waals surface area (Å²) in [5, 5.41) is 0. The van der Waals surface area contributed by atoms with E-state index in [4.69, 9.17) is 18.9 Å². The second-order valence-electron chi connectivity index (χ2n) is 6.43. The maximum absolute atomic E-state index is 5.83. The smallest absolute Gasteiger partial charge is 0.124 e. The number of para-hydroxylation sites is 2. The molecule has 3 aromatic rings. The van der Waals surface area contributed by atoms with Gasteiger partial charge in [0.05, 0.1) is 40.6 Å². The zero-order chi connectivity index (χ0) is 19.6.